The van der Waals surface area contributed by atoms with Gasteiger partial charge in [0.25, 0.3) is 11.5 Å². The number of fused-ring (bicyclic) bond motifs is 1. The molecule has 0 radical (unpaired) electrons. The highest BCUT2D eigenvalue weighted by Gasteiger charge is 2.26. The largest absolute Gasteiger partial charge is 0.444 e. The van der Waals surface area contributed by atoms with Gasteiger partial charge >= 0.3 is 6.09 Å². The van der Waals surface area contributed by atoms with Gasteiger partial charge in [0.05, 0.1) is 36.4 Å². The zero-order valence-corrected chi connectivity index (χ0v) is 28.0. The van der Waals surface area contributed by atoms with Crippen LogP contribution in [0.2, 0.25) is 0 Å². The molecule has 0 aliphatic carbocycles. The molecule has 1 fully saturated rings. The maximum absolute atomic E-state index is 14.8. The van der Waals surface area contributed by atoms with Crippen LogP contribution in [0.3, 0.4) is 0 Å². The summed E-state index contributed by atoms with van der Waals surface area (Å²) in [6.45, 7) is 8.19. The Morgan fingerprint density at radius 2 is 1.63 bits per heavy atom. The monoisotopic (exact) mass is 676 g/mol. The highest BCUT2D eigenvalue weighted by molar-refractivity contribution is 8.59. The topological polar surface area (TPSA) is 146 Å². The van der Waals surface area contributed by atoms with E-state index in [1.54, 1.807) is 48.8 Å². The second kappa shape index (κ2) is 17.9. The van der Waals surface area contributed by atoms with E-state index in [0.717, 1.165) is 0 Å². The van der Waals surface area contributed by atoms with Crippen molar-refractivity contribution in [2.45, 2.75) is 32.8 Å². The van der Waals surface area contributed by atoms with Crippen LogP contribution < -0.4 is 16.2 Å². The number of aromatic amines is 1. The van der Waals surface area contributed by atoms with E-state index in [-0.39, 0.29) is 36.7 Å². The van der Waals surface area contributed by atoms with Crippen LogP contribution in [-0.2, 0) is 20.7 Å². The maximum atomic E-state index is 14.8. The number of hydrogen-bond acceptors (Lipinski definition) is 10. The highest BCUT2D eigenvalue weighted by atomic mass is 33.1. The number of rotatable bonds is 11. The number of benzene rings is 2. The third-order valence-corrected chi connectivity index (χ3v) is 6.94. The fraction of sp³-hybridized carbons (Fsp3) is 0.452. The van der Waals surface area contributed by atoms with Crippen LogP contribution >= 0.6 is 23.3 Å². The molecule has 15 heteroatoms. The van der Waals surface area contributed by atoms with Gasteiger partial charge in [0.2, 0.25) is 5.91 Å². The van der Waals surface area contributed by atoms with Crippen LogP contribution in [-0.4, -0.2) is 103 Å². The smallest absolute Gasteiger partial charge is 0.407 e. The summed E-state index contributed by atoms with van der Waals surface area (Å²) in [5.41, 5.74) is 0.410. The fourth-order valence-corrected chi connectivity index (χ4v) is 4.77. The number of halogens is 1. The zero-order valence-electron chi connectivity index (χ0n) is 26.2. The zero-order chi connectivity index (χ0) is 33.7. The molecule has 4 rings (SSSR count). The third-order valence-electron chi connectivity index (χ3n) is 6.94. The maximum Gasteiger partial charge on any atom is 0.407 e. The molecule has 3 aromatic rings. The van der Waals surface area contributed by atoms with Crippen LogP contribution in [0.1, 0.15) is 42.4 Å². The first-order valence-corrected chi connectivity index (χ1v) is 16.4. The minimum absolute atomic E-state index is 0.0426. The predicted molar refractivity (Wildman–Crippen MR) is 180 cm³/mol. The molecule has 2 heterocycles. The Bertz CT molecular complexity index is 1540. The molecular weight excluding hydrogens is 636 g/mol. The van der Waals surface area contributed by atoms with Gasteiger partial charge in [-0.15, -0.1) is 23.3 Å². The average molecular weight is 677 g/mol. The summed E-state index contributed by atoms with van der Waals surface area (Å²) < 4.78 is 25.4. The summed E-state index contributed by atoms with van der Waals surface area (Å²) in [6.07, 6.45) is -0.194. The second-order valence-electron chi connectivity index (χ2n) is 11.4. The molecule has 3 amide bonds. The van der Waals surface area contributed by atoms with Crippen molar-refractivity contribution in [3.63, 3.8) is 0 Å². The van der Waals surface area contributed by atoms with Gasteiger partial charge in [0.15, 0.2) is 0 Å². The molecule has 1 aliphatic rings. The van der Waals surface area contributed by atoms with Crippen molar-refractivity contribution in [1.29, 1.82) is 0 Å². The molecule has 0 saturated carbocycles. The van der Waals surface area contributed by atoms with E-state index in [4.69, 9.17) is 9.47 Å². The Kier molecular flexibility index (Phi) is 14.3. The lowest BCUT2D eigenvalue weighted by Gasteiger charge is -2.35. The normalized spacial score (nSPS) is 13.2. The molecule has 250 valence electrons. The van der Waals surface area contributed by atoms with Crippen molar-refractivity contribution in [2.24, 2.45) is 0 Å². The van der Waals surface area contributed by atoms with E-state index < -0.39 is 23.4 Å². The fourth-order valence-electron chi connectivity index (χ4n) is 4.77. The van der Waals surface area contributed by atoms with Crippen LogP contribution in [0.4, 0.5) is 9.18 Å². The van der Waals surface area contributed by atoms with E-state index in [1.165, 1.54) is 12.1 Å². The molecular formula is C31H41FN6O6S2. The lowest BCUT2D eigenvalue weighted by atomic mass is 10.0. The molecule has 0 atom stereocenters. The number of aromatic nitrogens is 2. The van der Waals surface area contributed by atoms with Crippen molar-refractivity contribution in [2.75, 3.05) is 59.0 Å². The number of alkyl carbamates (subject to hydrolysis) is 1. The Morgan fingerprint density at radius 3 is 2.33 bits per heavy atom. The van der Waals surface area contributed by atoms with Gasteiger partial charge in [0.1, 0.15) is 11.4 Å². The van der Waals surface area contributed by atoms with Crippen LogP contribution in [0.15, 0.2) is 47.3 Å². The van der Waals surface area contributed by atoms with Gasteiger partial charge in [-0.2, -0.15) is 5.10 Å². The number of piperazine rings is 1. The highest BCUT2D eigenvalue weighted by Crippen LogP contribution is 2.20. The minimum atomic E-state index is -0.622. The SMILES string of the molecule is CC(C)(C)OC(=O)NCCOCCNCC(=O)N1CCN(C(=O)c2cc(Cc3n[nH]c(=O)c4ccccc34)ccc2F)CC1.SS. The van der Waals surface area contributed by atoms with Crippen molar-refractivity contribution in [3.8, 4) is 0 Å². The number of amides is 3. The number of hydrogen-bond donors (Lipinski definition) is 5. The summed E-state index contributed by atoms with van der Waals surface area (Å²) in [7, 11) is 0. The molecule has 46 heavy (non-hydrogen) atoms. The lowest BCUT2D eigenvalue weighted by Crippen LogP contribution is -2.52. The predicted octanol–water partition coefficient (Wildman–Crippen LogP) is 2.83. The van der Waals surface area contributed by atoms with Crippen LogP contribution in [0.5, 0.6) is 0 Å². The molecule has 12 nitrogen and oxygen atoms in total. The van der Waals surface area contributed by atoms with Gasteiger partial charge in [-0.25, -0.2) is 14.3 Å². The van der Waals surface area contributed by atoms with Crippen LogP contribution in [0, 0.1) is 5.82 Å². The Hall–Kier alpha value is -3.66. The molecule has 0 spiro atoms. The minimum Gasteiger partial charge on any atom is -0.444 e. The molecule has 1 aromatic heterocycles. The number of thiol groups is 2. The summed E-state index contributed by atoms with van der Waals surface area (Å²) in [4.78, 5) is 52.8. The average Bonchev–Trinajstić information content (AvgIpc) is 3.04. The van der Waals surface area contributed by atoms with Gasteiger partial charge in [0, 0.05) is 51.1 Å². The van der Waals surface area contributed by atoms with E-state index in [0.29, 0.717) is 67.8 Å². The van der Waals surface area contributed by atoms with Crippen molar-refractivity contribution < 1.29 is 28.2 Å². The Balaban J connectivity index is 0.00000282. The van der Waals surface area contributed by atoms with Crippen LogP contribution in [0.25, 0.3) is 10.8 Å². The number of carbonyl (C=O) groups excluding carboxylic acids is 3. The van der Waals surface area contributed by atoms with E-state index in [1.807, 2.05) is 12.1 Å². The van der Waals surface area contributed by atoms with Gasteiger partial charge in [-0.05, 0) is 44.5 Å². The number of carbonyl (C=O) groups is 3. The van der Waals surface area contributed by atoms with E-state index >= 15 is 0 Å². The summed E-state index contributed by atoms with van der Waals surface area (Å²) >= 11 is 6.44. The van der Waals surface area contributed by atoms with E-state index in [9.17, 15) is 23.6 Å². The Morgan fingerprint density at radius 1 is 0.978 bits per heavy atom. The quantitative estimate of drug-likeness (QED) is 0.119. The summed E-state index contributed by atoms with van der Waals surface area (Å²) in [5, 5.41) is 13.5. The van der Waals surface area contributed by atoms with Crippen molar-refractivity contribution in [3.05, 3.63) is 75.5 Å². The Labute approximate surface area is 277 Å². The van der Waals surface area contributed by atoms with Crippen molar-refractivity contribution >= 4 is 52.0 Å². The standard InChI is InChI=1S/C31H39FN6O6.H2S2/c1-31(2,3)44-30(42)34-11-17-43-16-10-33-20-27(39)37-12-14-38(15-13-37)29(41)24-18-21(8-9-25(24)32)19-26-22-6-4-5-7-23(22)28(40)36-35-26;1-2/h4-9,18,33H,10-17,19-20H2,1-3H3,(H,34,42)(H,36,40);1-2H. The number of nitrogens with zero attached hydrogens (tertiary/aromatic N) is 3. The van der Waals surface area contributed by atoms with Crippen molar-refractivity contribution in [1.82, 2.24) is 30.6 Å². The first kappa shape index (κ1) is 36.8. The first-order valence-electron chi connectivity index (χ1n) is 14.8. The number of nitrogens with one attached hydrogen (secondary N) is 3. The third kappa shape index (κ3) is 11.0. The van der Waals surface area contributed by atoms with Gasteiger partial charge < -0.3 is 29.9 Å². The molecule has 2 aromatic carbocycles. The van der Waals surface area contributed by atoms with Gasteiger partial charge in [-0.1, -0.05) is 24.3 Å². The number of H-pyrrole nitrogens is 1. The second-order valence-corrected chi connectivity index (χ2v) is 11.4. The summed E-state index contributed by atoms with van der Waals surface area (Å²) in [6, 6.07) is 11.5. The van der Waals surface area contributed by atoms with Gasteiger partial charge in [-0.3, -0.25) is 14.4 Å². The molecule has 3 N–H and O–H groups in total. The molecule has 1 aliphatic heterocycles. The summed E-state index contributed by atoms with van der Waals surface area (Å²) in [5.74, 6) is -1.16. The first-order chi connectivity index (χ1) is 22.0. The molecule has 1 saturated heterocycles. The lowest BCUT2D eigenvalue weighted by molar-refractivity contribution is -0.131. The molecule has 0 unspecified atom stereocenters. The number of ether oxygens (including phenoxy) is 2. The van der Waals surface area contributed by atoms with E-state index in [2.05, 4.69) is 44.2 Å². The molecule has 0 bridgehead atoms.